The summed E-state index contributed by atoms with van der Waals surface area (Å²) in [5, 5.41) is 0. The van der Waals surface area contributed by atoms with Crippen LogP contribution in [0.3, 0.4) is 0 Å². The van der Waals surface area contributed by atoms with Crippen LogP contribution >= 0.6 is 0 Å². The van der Waals surface area contributed by atoms with E-state index in [0.29, 0.717) is 6.54 Å². The number of benzene rings is 1. The molecule has 0 heterocycles. The van der Waals surface area contributed by atoms with E-state index in [1.807, 2.05) is 32.8 Å². The van der Waals surface area contributed by atoms with Gasteiger partial charge in [-0.2, -0.15) is 0 Å². The molecule has 0 saturated carbocycles. The second-order valence-electron chi connectivity index (χ2n) is 6.40. The van der Waals surface area contributed by atoms with Crippen LogP contribution in [-0.2, 0) is 5.41 Å². The third-order valence-electron chi connectivity index (χ3n) is 3.14. The molecule has 0 aliphatic carbocycles. The molecule has 100 valence electrons. The maximum absolute atomic E-state index is 12.2. The zero-order valence-electron chi connectivity index (χ0n) is 12.7. The van der Waals surface area contributed by atoms with E-state index in [1.54, 1.807) is 0 Å². The summed E-state index contributed by atoms with van der Waals surface area (Å²) in [7, 11) is 3.85. The molecule has 1 rings (SSSR count). The molecule has 0 radical (unpaired) electrons. The summed E-state index contributed by atoms with van der Waals surface area (Å²) in [4.78, 5) is 14.1. The molecule has 0 atom stereocenters. The van der Waals surface area contributed by atoms with Gasteiger partial charge in [-0.15, -0.1) is 0 Å². The van der Waals surface area contributed by atoms with Gasteiger partial charge in [0.2, 0.25) is 0 Å². The maximum Gasteiger partial charge on any atom is 0.177 e. The number of hydrogen-bond acceptors (Lipinski definition) is 2. The number of aryl methyl sites for hydroxylation is 2. The summed E-state index contributed by atoms with van der Waals surface area (Å²) < 4.78 is 0. The van der Waals surface area contributed by atoms with Crippen molar-refractivity contribution in [2.24, 2.45) is 0 Å². The van der Waals surface area contributed by atoms with Crippen molar-refractivity contribution < 1.29 is 4.79 Å². The van der Waals surface area contributed by atoms with Gasteiger partial charge in [0.15, 0.2) is 5.78 Å². The van der Waals surface area contributed by atoms with Crippen molar-refractivity contribution in [3.8, 4) is 0 Å². The maximum atomic E-state index is 12.2. The standard InChI is InChI=1S/C16H25NO/c1-11-8-13(16(3,4)5)9-12(2)15(11)14(18)10-17(6)7/h8-9H,10H2,1-7H3. The van der Waals surface area contributed by atoms with Crippen LogP contribution in [0.25, 0.3) is 0 Å². The number of ketones is 1. The molecule has 2 heteroatoms. The molecule has 0 aromatic heterocycles. The molecule has 0 saturated heterocycles. The molecule has 1 aromatic rings. The van der Waals surface area contributed by atoms with Gasteiger partial charge in [-0.25, -0.2) is 0 Å². The van der Waals surface area contributed by atoms with Gasteiger partial charge in [-0.3, -0.25) is 4.79 Å². The van der Waals surface area contributed by atoms with Crippen LogP contribution in [0.15, 0.2) is 12.1 Å². The van der Waals surface area contributed by atoms with E-state index in [1.165, 1.54) is 5.56 Å². The first-order valence-corrected chi connectivity index (χ1v) is 6.42. The first-order chi connectivity index (χ1) is 8.12. The Morgan fingerprint density at radius 2 is 1.56 bits per heavy atom. The summed E-state index contributed by atoms with van der Waals surface area (Å²) in [5.41, 5.74) is 4.48. The van der Waals surface area contributed by atoms with E-state index in [9.17, 15) is 4.79 Å². The van der Waals surface area contributed by atoms with Gasteiger partial charge in [0, 0.05) is 5.56 Å². The average molecular weight is 247 g/mol. The summed E-state index contributed by atoms with van der Waals surface area (Å²) >= 11 is 0. The van der Waals surface area contributed by atoms with Crippen LogP contribution in [0.4, 0.5) is 0 Å². The predicted octanol–water partition coefficient (Wildman–Crippen LogP) is 3.35. The summed E-state index contributed by atoms with van der Waals surface area (Å²) in [5.74, 6) is 0.204. The molecule has 18 heavy (non-hydrogen) atoms. The lowest BCUT2D eigenvalue weighted by Crippen LogP contribution is -2.23. The highest BCUT2D eigenvalue weighted by Gasteiger charge is 2.19. The Labute approximate surface area is 111 Å². The predicted molar refractivity (Wildman–Crippen MR) is 77.5 cm³/mol. The lowest BCUT2D eigenvalue weighted by atomic mass is 9.83. The number of rotatable bonds is 3. The van der Waals surface area contributed by atoms with Gasteiger partial charge in [0.25, 0.3) is 0 Å². The highest BCUT2D eigenvalue weighted by atomic mass is 16.1. The van der Waals surface area contributed by atoms with Gasteiger partial charge in [0.05, 0.1) is 6.54 Å². The molecule has 0 N–H and O–H groups in total. The van der Waals surface area contributed by atoms with Gasteiger partial charge in [0.1, 0.15) is 0 Å². The Bertz CT molecular complexity index is 430. The van der Waals surface area contributed by atoms with Crippen LogP contribution in [0.2, 0.25) is 0 Å². The van der Waals surface area contributed by atoms with Crippen LogP contribution in [0, 0.1) is 13.8 Å². The summed E-state index contributed by atoms with van der Waals surface area (Å²) in [6.45, 7) is 11.1. The molecule has 0 amide bonds. The first kappa shape index (κ1) is 14.9. The van der Waals surface area contributed by atoms with Crippen molar-refractivity contribution in [3.63, 3.8) is 0 Å². The van der Waals surface area contributed by atoms with E-state index < -0.39 is 0 Å². The van der Waals surface area contributed by atoms with E-state index in [-0.39, 0.29) is 11.2 Å². The van der Waals surface area contributed by atoms with Gasteiger partial charge >= 0.3 is 0 Å². The topological polar surface area (TPSA) is 20.3 Å². The highest BCUT2D eigenvalue weighted by Crippen LogP contribution is 2.27. The fraction of sp³-hybridized carbons (Fsp3) is 0.562. The lowest BCUT2D eigenvalue weighted by molar-refractivity contribution is 0.0956. The van der Waals surface area contributed by atoms with Crippen molar-refractivity contribution in [2.75, 3.05) is 20.6 Å². The van der Waals surface area contributed by atoms with E-state index in [2.05, 4.69) is 32.9 Å². The lowest BCUT2D eigenvalue weighted by Gasteiger charge is -2.22. The number of likely N-dealkylation sites (N-methyl/N-ethyl adjacent to an activating group) is 1. The highest BCUT2D eigenvalue weighted by molar-refractivity contribution is 6.00. The number of carbonyl (C=O) groups is 1. The van der Waals surface area contributed by atoms with Gasteiger partial charge in [-0.1, -0.05) is 32.9 Å². The minimum atomic E-state index is 0.124. The van der Waals surface area contributed by atoms with Crippen LogP contribution < -0.4 is 0 Å². The molecule has 1 aromatic carbocycles. The fourth-order valence-corrected chi connectivity index (χ4v) is 2.20. The van der Waals surface area contributed by atoms with Crippen LogP contribution in [0.1, 0.15) is 47.8 Å². The van der Waals surface area contributed by atoms with Crippen molar-refractivity contribution >= 4 is 5.78 Å². The Kier molecular flexibility index (Phi) is 4.33. The van der Waals surface area contributed by atoms with Gasteiger partial charge in [-0.05, 0) is 50.0 Å². The number of nitrogens with zero attached hydrogens (tertiary/aromatic N) is 1. The Hall–Kier alpha value is -1.15. The molecular formula is C16H25NO. The van der Waals surface area contributed by atoms with Crippen molar-refractivity contribution in [1.29, 1.82) is 0 Å². The Balaban J connectivity index is 3.21. The number of Topliss-reactive ketones (excluding diaryl/α,β-unsaturated/α-hetero) is 1. The van der Waals surface area contributed by atoms with Gasteiger partial charge < -0.3 is 4.90 Å². The summed E-state index contributed by atoms with van der Waals surface area (Å²) in [6, 6.07) is 4.30. The molecular weight excluding hydrogens is 222 g/mol. The molecule has 0 bridgehead atoms. The van der Waals surface area contributed by atoms with Crippen molar-refractivity contribution in [2.45, 2.75) is 40.0 Å². The molecule has 2 nitrogen and oxygen atoms in total. The molecule has 0 unspecified atom stereocenters. The summed E-state index contributed by atoms with van der Waals surface area (Å²) in [6.07, 6.45) is 0. The molecule has 0 aliphatic rings. The SMILES string of the molecule is Cc1cc(C(C)(C)C)cc(C)c1C(=O)CN(C)C. The third-order valence-corrected chi connectivity index (χ3v) is 3.14. The monoisotopic (exact) mass is 247 g/mol. The van der Waals surface area contributed by atoms with Crippen molar-refractivity contribution in [3.05, 3.63) is 34.4 Å². The second kappa shape index (κ2) is 5.23. The zero-order valence-corrected chi connectivity index (χ0v) is 12.7. The Morgan fingerprint density at radius 1 is 1.11 bits per heavy atom. The van der Waals surface area contributed by atoms with Crippen molar-refractivity contribution in [1.82, 2.24) is 4.90 Å². The molecule has 0 spiro atoms. The third kappa shape index (κ3) is 3.42. The van der Waals surface area contributed by atoms with Crippen LogP contribution in [0.5, 0.6) is 0 Å². The quantitative estimate of drug-likeness (QED) is 0.763. The number of hydrogen-bond donors (Lipinski definition) is 0. The second-order valence-corrected chi connectivity index (χ2v) is 6.40. The Morgan fingerprint density at radius 3 is 1.89 bits per heavy atom. The minimum Gasteiger partial charge on any atom is -0.302 e. The number of carbonyl (C=O) groups excluding carboxylic acids is 1. The zero-order chi connectivity index (χ0) is 14.1. The minimum absolute atomic E-state index is 0.124. The molecule has 0 aliphatic heterocycles. The first-order valence-electron chi connectivity index (χ1n) is 6.42. The fourth-order valence-electron chi connectivity index (χ4n) is 2.20. The van der Waals surface area contributed by atoms with E-state index in [4.69, 9.17) is 0 Å². The molecule has 0 fully saturated rings. The van der Waals surface area contributed by atoms with E-state index in [0.717, 1.165) is 16.7 Å². The van der Waals surface area contributed by atoms with Crippen LogP contribution in [-0.4, -0.2) is 31.3 Å². The normalized spacial score (nSPS) is 12.0. The van der Waals surface area contributed by atoms with E-state index >= 15 is 0 Å². The average Bonchev–Trinajstić information content (AvgIpc) is 2.13. The smallest absolute Gasteiger partial charge is 0.177 e. The largest absolute Gasteiger partial charge is 0.302 e.